The van der Waals surface area contributed by atoms with Gasteiger partial charge in [0.15, 0.2) is 0 Å². The Bertz CT molecular complexity index is 387. The van der Waals surface area contributed by atoms with E-state index in [9.17, 15) is 0 Å². The van der Waals surface area contributed by atoms with E-state index in [1.807, 2.05) is 12.1 Å². The second-order valence-electron chi connectivity index (χ2n) is 4.98. The summed E-state index contributed by atoms with van der Waals surface area (Å²) in [7, 11) is 1.63. The molecule has 0 unspecified atom stereocenters. The number of hydrogen-bond donors (Lipinski definition) is 2. The summed E-state index contributed by atoms with van der Waals surface area (Å²) >= 11 is 0. The summed E-state index contributed by atoms with van der Waals surface area (Å²) in [6, 6.07) is 5.97. The number of methoxy groups -OCH3 is 1. The molecule has 2 rings (SSSR count). The molecule has 1 aromatic rings. The van der Waals surface area contributed by atoms with E-state index >= 15 is 0 Å². The van der Waals surface area contributed by atoms with Crippen molar-refractivity contribution in [3.63, 3.8) is 0 Å². The molecule has 1 aliphatic heterocycles. The second-order valence-corrected chi connectivity index (χ2v) is 4.98. The molecule has 100 valence electrons. The summed E-state index contributed by atoms with van der Waals surface area (Å²) in [6.45, 7) is 3.35. The highest BCUT2D eigenvalue weighted by Gasteiger charge is 2.18. The molecule has 3 N–H and O–H groups in total. The maximum atomic E-state index is 9.11. The zero-order valence-electron chi connectivity index (χ0n) is 10.9. The molecule has 18 heavy (non-hydrogen) atoms. The predicted octanol–water partition coefficient (Wildman–Crippen LogP) is 1.48. The fourth-order valence-electron chi connectivity index (χ4n) is 2.47. The number of likely N-dealkylation sites (tertiary alicyclic amines) is 1. The molecule has 1 heterocycles. The molecule has 1 aromatic carbocycles. The number of hydrogen-bond acceptors (Lipinski definition) is 4. The molecule has 4 nitrogen and oxygen atoms in total. The topological polar surface area (TPSA) is 58.7 Å². The van der Waals surface area contributed by atoms with Crippen LogP contribution >= 0.6 is 0 Å². The van der Waals surface area contributed by atoms with Crippen LogP contribution in [0.4, 0.5) is 5.69 Å². The monoisotopic (exact) mass is 250 g/mol. The van der Waals surface area contributed by atoms with Crippen LogP contribution in [0.2, 0.25) is 0 Å². The van der Waals surface area contributed by atoms with Crippen molar-refractivity contribution in [2.45, 2.75) is 19.4 Å². The van der Waals surface area contributed by atoms with E-state index in [0.29, 0.717) is 18.2 Å². The molecule has 0 aliphatic carbocycles. The van der Waals surface area contributed by atoms with Crippen molar-refractivity contribution in [1.29, 1.82) is 0 Å². The number of benzene rings is 1. The fourth-order valence-corrected chi connectivity index (χ4v) is 2.47. The third kappa shape index (κ3) is 3.15. The van der Waals surface area contributed by atoms with Crippen molar-refractivity contribution in [3.8, 4) is 5.75 Å². The summed E-state index contributed by atoms with van der Waals surface area (Å²) < 4.78 is 5.15. The van der Waals surface area contributed by atoms with Crippen LogP contribution < -0.4 is 10.5 Å². The molecular weight excluding hydrogens is 228 g/mol. The molecule has 0 atom stereocenters. The van der Waals surface area contributed by atoms with Crippen LogP contribution in [-0.4, -0.2) is 36.8 Å². The van der Waals surface area contributed by atoms with Gasteiger partial charge in [0.05, 0.1) is 12.8 Å². The zero-order valence-corrected chi connectivity index (χ0v) is 10.9. The van der Waals surface area contributed by atoms with E-state index in [0.717, 1.165) is 38.2 Å². The molecule has 0 radical (unpaired) electrons. The highest BCUT2D eigenvalue weighted by molar-refractivity contribution is 5.54. The highest BCUT2D eigenvalue weighted by Crippen LogP contribution is 2.24. The number of aliphatic hydroxyl groups is 1. The lowest BCUT2D eigenvalue weighted by atomic mass is 9.97. The van der Waals surface area contributed by atoms with E-state index in [2.05, 4.69) is 11.0 Å². The molecule has 4 heteroatoms. The summed E-state index contributed by atoms with van der Waals surface area (Å²) in [5.41, 5.74) is 7.82. The van der Waals surface area contributed by atoms with Crippen molar-refractivity contribution in [2.75, 3.05) is 32.5 Å². The first-order chi connectivity index (χ1) is 8.72. The first-order valence-electron chi connectivity index (χ1n) is 6.48. The molecular formula is C14H22N2O2. The van der Waals surface area contributed by atoms with Gasteiger partial charge in [-0.2, -0.15) is 0 Å². The van der Waals surface area contributed by atoms with Crippen molar-refractivity contribution in [2.24, 2.45) is 5.92 Å². The molecule has 0 aromatic heterocycles. The number of nitrogens with two attached hydrogens (primary N) is 1. The standard InChI is InChI=1S/C14H22N2O2/c1-18-14-3-2-12(8-13(14)15)9-16-6-4-11(10-17)5-7-16/h2-3,8,11,17H,4-7,9-10,15H2,1H3. The molecule has 0 amide bonds. The average Bonchev–Trinajstić information content (AvgIpc) is 2.40. The first kappa shape index (κ1) is 13.2. The minimum atomic E-state index is 0.323. The fraction of sp³-hybridized carbons (Fsp3) is 0.571. The predicted molar refractivity (Wildman–Crippen MR) is 72.5 cm³/mol. The summed E-state index contributed by atoms with van der Waals surface area (Å²) in [5, 5.41) is 9.11. The number of aliphatic hydroxyl groups excluding tert-OH is 1. The number of nitrogens with zero attached hydrogens (tertiary/aromatic N) is 1. The molecule has 1 aliphatic rings. The SMILES string of the molecule is COc1ccc(CN2CCC(CO)CC2)cc1N. The minimum absolute atomic E-state index is 0.323. The van der Waals surface area contributed by atoms with Gasteiger partial charge in [-0.1, -0.05) is 6.07 Å². The normalized spacial score (nSPS) is 17.9. The van der Waals surface area contributed by atoms with Crippen molar-refractivity contribution in [1.82, 2.24) is 4.90 Å². The van der Waals surface area contributed by atoms with Gasteiger partial charge in [0.2, 0.25) is 0 Å². The van der Waals surface area contributed by atoms with Crippen LogP contribution in [-0.2, 0) is 6.54 Å². The summed E-state index contributed by atoms with van der Waals surface area (Å²) in [4.78, 5) is 2.41. The average molecular weight is 250 g/mol. The van der Waals surface area contributed by atoms with Gasteiger partial charge >= 0.3 is 0 Å². The molecule has 0 bridgehead atoms. The Morgan fingerprint density at radius 1 is 1.39 bits per heavy atom. The quantitative estimate of drug-likeness (QED) is 0.795. The van der Waals surface area contributed by atoms with Crippen molar-refractivity contribution < 1.29 is 9.84 Å². The van der Waals surface area contributed by atoms with Crippen molar-refractivity contribution in [3.05, 3.63) is 23.8 Å². The second kappa shape index (κ2) is 6.07. The number of ether oxygens (including phenoxy) is 1. The van der Waals surface area contributed by atoms with E-state index in [4.69, 9.17) is 15.6 Å². The Hall–Kier alpha value is -1.26. The van der Waals surface area contributed by atoms with Gasteiger partial charge in [0, 0.05) is 13.2 Å². The number of piperidine rings is 1. The first-order valence-corrected chi connectivity index (χ1v) is 6.48. The van der Waals surface area contributed by atoms with Gasteiger partial charge < -0.3 is 15.6 Å². The van der Waals surface area contributed by atoms with Crippen LogP contribution in [0.3, 0.4) is 0 Å². The third-order valence-corrected chi connectivity index (χ3v) is 3.67. The lowest BCUT2D eigenvalue weighted by Crippen LogP contribution is -2.34. The van der Waals surface area contributed by atoms with Crippen LogP contribution in [0, 0.1) is 5.92 Å². The molecule has 0 spiro atoms. The van der Waals surface area contributed by atoms with Gasteiger partial charge in [0.25, 0.3) is 0 Å². The molecule has 1 saturated heterocycles. The molecule has 0 saturated carbocycles. The van der Waals surface area contributed by atoms with Gasteiger partial charge in [-0.3, -0.25) is 4.90 Å². The summed E-state index contributed by atoms with van der Waals surface area (Å²) in [6.07, 6.45) is 2.17. The van der Waals surface area contributed by atoms with Crippen LogP contribution in [0.25, 0.3) is 0 Å². The van der Waals surface area contributed by atoms with Gasteiger partial charge in [-0.15, -0.1) is 0 Å². The maximum Gasteiger partial charge on any atom is 0.141 e. The summed E-state index contributed by atoms with van der Waals surface area (Å²) in [5.74, 6) is 1.22. The Kier molecular flexibility index (Phi) is 4.44. The largest absolute Gasteiger partial charge is 0.495 e. The Labute approximate surface area is 108 Å². The lowest BCUT2D eigenvalue weighted by molar-refractivity contribution is 0.127. The maximum absolute atomic E-state index is 9.11. The smallest absolute Gasteiger partial charge is 0.141 e. The number of rotatable bonds is 4. The lowest BCUT2D eigenvalue weighted by Gasteiger charge is -2.31. The van der Waals surface area contributed by atoms with Crippen LogP contribution in [0.15, 0.2) is 18.2 Å². The zero-order chi connectivity index (χ0) is 13.0. The van der Waals surface area contributed by atoms with Gasteiger partial charge in [-0.05, 0) is 49.5 Å². The van der Waals surface area contributed by atoms with Crippen LogP contribution in [0.1, 0.15) is 18.4 Å². The minimum Gasteiger partial charge on any atom is -0.495 e. The van der Waals surface area contributed by atoms with E-state index in [1.165, 1.54) is 5.56 Å². The van der Waals surface area contributed by atoms with Gasteiger partial charge in [-0.25, -0.2) is 0 Å². The molecule has 1 fully saturated rings. The third-order valence-electron chi connectivity index (χ3n) is 3.67. The highest BCUT2D eigenvalue weighted by atomic mass is 16.5. The van der Waals surface area contributed by atoms with Crippen LogP contribution in [0.5, 0.6) is 5.75 Å². The van der Waals surface area contributed by atoms with Crippen molar-refractivity contribution >= 4 is 5.69 Å². The number of nitrogen functional groups attached to an aromatic ring is 1. The van der Waals surface area contributed by atoms with Gasteiger partial charge in [0.1, 0.15) is 5.75 Å². The Morgan fingerprint density at radius 2 is 2.11 bits per heavy atom. The van der Waals surface area contributed by atoms with E-state index < -0.39 is 0 Å². The van der Waals surface area contributed by atoms with E-state index in [1.54, 1.807) is 7.11 Å². The Morgan fingerprint density at radius 3 is 2.67 bits per heavy atom. The Balaban J connectivity index is 1.92. The van der Waals surface area contributed by atoms with E-state index in [-0.39, 0.29) is 0 Å². The number of anilines is 1.